The number of rotatable bonds is 6. The van der Waals surface area contributed by atoms with Gasteiger partial charge in [-0.05, 0) is 23.3 Å². The second kappa shape index (κ2) is 7.50. The van der Waals surface area contributed by atoms with Crippen molar-refractivity contribution in [1.29, 1.82) is 0 Å². The fraction of sp³-hybridized carbons (Fsp3) is 0.278. The van der Waals surface area contributed by atoms with Crippen LogP contribution in [0.15, 0.2) is 48.5 Å². The molecule has 4 nitrogen and oxygen atoms in total. The van der Waals surface area contributed by atoms with Crippen LogP contribution in [0.25, 0.3) is 0 Å². The van der Waals surface area contributed by atoms with Crippen LogP contribution in [0.4, 0.5) is 0 Å². The highest BCUT2D eigenvalue weighted by molar-refractivity contribution is 5.78. The van der Waals surface area contributed by atoms with Crippen molar-refractivity contribution in [3.05, 3.63) is 59.7 Å². The van der Waals surface area contributed by atoms with E-state index in [0.29, 0.717) is 24.5 Å². The van der Waals surface area contributed by atoms with E-state index in [1.54, 1.807) is 19.1 Å². The molecule has 0 aromatic heterocycles. The number of carbonyl (C=O) groups excluding carboxylic acids is 1. The lowest BCUT2D eigenvalue weighted by atomic mass is 10.1. The van der Waals surface area contributed by atoms with Crippen molar-refractivity contribution in [2.45, 2.75) is 13.0 Å². The molecule has 1 amide bonds. The zero-order valence-electron chi connectivity index (χ0n) is 13.2. The van der Waals surface area contributed by atoms with Crippen LogP contribution in [-0.4, -0.2) is 32.1 Å². The van der Waals surface area contributed by atoms with Gasteiger partial charge in [-0.25, -0.2) is 0 Å². The number of nitrogens with zero attached hydrogens (tertiary/aromatic N) is 1. The minimum absolute atomic E-state index is 0.0842. The monoisotopic (exact) mass is 299 g/mol. The molecule has 0 saturated heterocycles. The average molecular weight is 299 g/mol. The Balaban J connectivity index is 2.02. The number of amides is 1. The molecule has 0 unspecified atom stereocenters. The molecule has 0 radical (unpaired) electrons. The summed E-state index contributed by atoms with van der Waals surface area (Å²) < 4.78 is 10.5. The number of methoxy groups -OCH3 is 2. The number of carbonyl (C=O) groups is 1. The van der Waals surface area contributed by atoms with E-state index in [1.807, 2.05) is 55.6 Å². The van der Waals surface area contributed by atoms with E-state index in [1.165, 1.54) is 0 Å². The van der Waals surface area contributed by atoms with Gasteiger partial charge in [0.25, 0.3) is 0 Å². The van der Waals surface area contributed by atoms with Crippen LogP contribution in [-0.2, 0) is 17.8 Å². The maximum Gasteiger partial charge on any atom is 0.227 e. The Bertz CT molecular complexity index is 625. The summed E-state index contributed by atoms with van der Waals surface area (Å²) in [4.78, 5) is 14.0. The van der Waals surface area contributed by atoms with Gasteiger partial charge in [0, 0.05) is 13.6 Å². The fourth-order valence-corrected chi connectivity index (χ4v) is 2.25. The lowest BCUT2D eigenvalue weighted by molar-refractivity contribution is -0.129. The van der Waals surface area contributed by atoms with Crippen LogP contribution in [0.2, 0.25) is 0 Å². The van der Waals surface area contributed by atoms with Crippen molar-refractivity contribution in [2.24, 2.45) is 0 Å². The van der Waals surface area contributed by atoms with Gasteiger partial charge in [0.1, 0.15) is 0 Å². The molecule has 0 aliphatic carbocycles. The number of hydrogen-bond donors (Lipinski definition) is 0. The van der Waals surface area contributed by atoms with Gasteiger partial charge in [0.2, 0.25) is 5.91 Å². The van der Waals surface area contributed by atoms with Gasteiger partial charge in [0.15, 0.2) is 11.5 Å². The third kappa shape index (κ3) is 4.01. The quantitative estimate of drug-likeness (QED) is 0.823. The van der Waals surface area contributed by atoms with E-state index in [9.17, 15) is 4.79 Å². The predicted octanol–water partition coefficient (Wildman–Crippen LogP) is 2.90. The standard InChI is InChI=1S/C18H21NO3/c1-19(18(20)12-14-7-5-4-6-8-14)13-15-9-10-16(21-2)17(11-15)22-3/h4-11H,12-13H2,1-3H3. The molecule has 4 heteroatoms. The van der Waals surface area contributed by atoms with E-state index in [0.717, 1.165) is 11.1 Å². The van der Waals surface area contributed by atoms with Crippen molar-refractivity contribution in [3.63, 3.8) is 0 Å². The van der Waals surface area contributed by atoms with Gasteiger partial charge in [-0.15, -0.1) is 0 Å². The van der Waals surface area contributed by atoms with E-state index >= 15 is 0 Å². The zero-order valence-corrected chi connectivity index (χ0v) is 13.2. The lowest BCUT2D eigenvalue weighted by Gasteiger charge is -2.18. The van der Waals surface area contributed by atoms with E-state index in [-0.39, 0.29) is 5.91 Å². The molecule has 2 aromatic carbocycles. The Morgan fingerprint density at radius 3 is 2.27 bits per heavy atom. The first-order valence-corrected chi connectivity index (χ1v) is 7.13. The largest absolute Gasteiger partial charge is 0.493 e. The van der Waals surface area contributed by atoms with E-state index in [4.69, 9.17) is 9.47 Å². The summed E-state index contributed by atoms with van der Waals surface area (Å²) in [7, 11) is 5.01. The summed E-state index contributed by atoms with van der Waals surface area (Å²) >= 11 is 0. The molecule has 0 N–H and O–H groups in total. The molecule has 0 fully saturated rings. The summed E-state index contributed by atoms with van der Waals surface area (Å²) in [5.74, 6) is 1.44. The third-order valence-electron chi connectivity index (χ3n) is 3.49. The van der Waals surface area contributed by atoms with Crippen molar-refractivity contribution < 1.29 is 14.3 Å². The van der Waals surface area contributed by atoms with Gasteiger partial charge in [-0.1, -0.05) is 36.4 Å². The Hall–Kier alpha value is -2.49. The van der Waals surface area contributed by atoms with Crippen molar-refractivity contribution in [1.82, 2.24) is 4.90 Å². The second-order valence-electron chi connectivity index (χ2n) is 5.10. The molecule has 0 saturated carbocycles. The molecule has 2 aromatic rings. The number of hydrogen-bond acceptors (Lipinski definition) is 3. The minimum Gasteiger partial charge on any atom is -0.493 e. The molecule has 0 bridgehead atoms. The first kappa shape index (κ1) is 15.9. The molecule has 22 heavy (non-hydrogen) atoms. The highest BCUT2D eigenvalue weighted by Gasteiger charge is 2.12. The summed E-state index contributed by atoms with van der Waals surface area (Å²) in [5.41, 5.74) is 2.02. The fourth-order valence-electron chi connectivity index (χ4n) is 2.25. The first-order valence-electron chi connectivity index (χ1n) is 7.13. The van der Waals surface area contributed by atoms with E-state index in [2.05, 4.69) is 0 Å². The molecule has 0 atom stereocenters. The Morgan fingerprint density at radius 1 is 0.955 bits per heavy atom. The molecule has 0 aliphatic heterocycles. The molecular formula is C18H21NO3. The predicted molar refractivity (Wildman–Crippen MR) is 86.2 cm³/mol. The van der Waals surface area contributed by atoms with Crippen molar-refractivity contribution in [2.75, 3.05) is 21.3 Å². The van der Waals surface area contributed by atoms with Gasteiger partial charge in [-0.3, -0.25) is 4.79 Å². The average Bonchev–Trinajstić information content (AvgIpc) is 2.55. The molecule has 0 heterocycles. The molecule has 2 rings (SSSR count). The maximum absolute atomic E-state index is 12.3. The van der Waals surface area contributed by atoms with E-state index < -0.39 is 0 Å². The maximum atomic E-state index is 12.3. The Labute approximate surface area is 131 Å². The van der Waals surface area contributed by atoms with Crippen LogP contribution >= 0.6 is 0 Å². The molecular weight excluding hydrogens is 278 g/mol. The van der Waals surface area contributed by atoms with Gasteiger partial charge in [0.05, 0.1) is 20.6 Å². The third-order valence-corrected chi connectivity index (χ3v) is 3.49. The van der Waals surface area contributed by atoms with Gasteiger partial charge in [-0.2, -0.15) is 0 Å². The summed E-state index contributed by atoms with van der Waals surface area (Å²) in [5, 5.41) is 0. The highest BCUT2D eigenvalue weighted by Crippen LogP contribution is 2.27. The Kier molecular flexibility index (Phi) is 5.42. The molecule has 116 valence electrons. The van der Waals surface area contributed by atoms with Crippen LogP contribution in [0.1, 0.15) is 11.1 Å². The van der Waals surface area contributed by atoms with Crippen LogP contribution in [0.3, 0.4) is 0 Å². The summed E-state index contributed by atoms with van der Waals surface area (Å²) in [6.07, 6.45) is 0.407. The number of ether oxygens (including phenoxy) is 2. The second-order valence-corrected chi connectivity index (χ2v) is 5.10. The lowest BCUT2D eigenvalue weighted by Crippen LogP contribution is -2.27. The van der Waals surface area contributed by atoms with Gasteiger partial charge >= 0.3 is 0 Å². The highest BCUT2D eigenvalue weighted by atomic mass is 16.5. The molecule has 0 aliphatic rings. The van der Waals surface area contributed by atoms with Crippen molar-refractivity contribution in [3.8, 4) is 11.5 Å². The number of likely N-dealkylation sites (N-methyl/N-ethyl adjacent to an activating group) is 1. The number of benzene rings is 2. The smallest absolute Gasteiger partial charge is 0.227 e. The summed E-state index contributed by atoms with van der Waals surface area (Å²) in [6, 6.07) is 15.4. The minimum atomic E-state index is 0.0842. The topological polar surface area (TPSA) is 38.8 Å². The van der Waals surface area contributed by atoms with Crippen molar-refractivity contribution >= 4 is 5.91 Å². The first-order chi connectivity index (χ1) is 10.6. The normalized spacial score (nSPS) is 10.1. The SMILES string of the molecule is COc1ccc(CN(C)C(=O)Cc2ccccc2)cc1OC. The van der Waals surface area contributed by atoms with Crippen LogP contribution in [0.5, 0.6) is 11.5 Å². The van der Waals surface area contributed by atoms with Crippen LogP contribution in [0, 0.1) is 0 Å². The zero-order chi connectivity index (χ0) is 15.9. The Morgan fingerprint density at radius 2 is 1.64 bits per heavy atom. The summed E-state index contributed by atoms with van der Waals surface area (Å²) in [6.45, 7) is 0.534. The van der Waals surface area contributed by atoms with Crippen LogP contribution < -0.4 is 9.47 Å². The van der Waals surface area contributed by atoms with Gasteiger partial charge < -0.3 is 14.4 Å². The molecule has 0 spiro atoms.